The Morgan fingerprint density at radius 2 is 1.81 bits per heavy atom. The fraction of sp³-hybridized carbons (Fsp3) is 0.263. The van der Waals surface area contributed by atoms with Gasteiger partial charge in [0.1, 0.15) is 11.7 Å². The number of nitrogens with one attached hydrogen (secondary N) is 1. The molecule has 2 aromatic rings. The molecule has 1 N–H and O–H groups in total. The molecule has 2 atom stereocenters. The Morgan fingerprint density at radius 3 is 2.50 bits per heavy atom. The van der Waals surface area contributed by atoms with Gasteiger partial charge in [0.2, 0.25) is 11.8 Å². The summed E-state index contributed by atoms with van der Waals surface area (Å²) in [5.74, 6) is -5.42. The molecule has 1 aliphatic heterocycles. The lowest BCUT2D eigenvalue weighted by molar-refractivity contribution is -0.143. The van der Waals surface area contributed by atoms with E-state index in [0.29, 0.717) is 18.5 Å². The number of nitrogens with zero attached hydrogens (tertiary/aromatic N) is 1. The Balaban J connectivity index is 1.91. The number of hydrogen-bond acceptors (Lipinski definition) is 2. The van der Waals surface area contributed by atoms with Crippen molar-refractivity contribution in [3.05, 3.63) is 65.5 Å². The highest BCUT2D eigenvalue weighted by atomic mass is 19.2. The van der Waals surface area contributed by atoms with Gasteiger partial charge >= 0.3 is 0 Å². The molecule has 0 spiro atoms. The van der Waals surface area contributed by atoms with Crippen LogP contribution in [-0.4, -0.2) is 30.3 Å². The number of rotatable bonds is 3. The van der Waals surface area contributed by atoms with Crippen molar-refractivity contribution in [2.45, 2.75) is 12.3 Å². The maximum atomic E-state index is 13.8. The second-order valence-electron chi connectivity index (χ2n) is 6.27. The third-order valence-corrected chi connectivity index (χ3v) is 4.61. The molecule has 3 rings (SSSR count). The van der Waals surface area contributed by atoms with Gasteiger partial charge < -0.3 is 10.2 Å². The summed E-state index contributed by atoms with van der Waals surface area (Å²) in [5.41, 5.74) is 0.321. The molecule has 0 saturated carbocycles. The van der Waals surface area contributed by atoms with Gasteiger partial charge in [-0.3, -0.25) is 9.59 Å². The van der Waals surface area contributed by atoms with Crippen molar-refractivity contribution in [1.82, 2.24) is 4.90 Å². The molecular weight excluding hydrogens is 345 g/mol. The number of amides is 2. The zero-order chi connectivity index (χ0) is 18.8. The van der Waals surface area contributed by atoms with Gasteiger partial charge in [-0.1, -0.05) is 18.2 Å². The van der Waals surface area contributed by atoms with Crippen LogP contribution in [0.1, 0.15) is 17.9 Å². The molecule has 2 aromatic carbocycles. The number of benzene rings is 2. The molecule has 4 nitrogen and oxygen atoms in total. The van der Waals surface area contributed by atoms with Crippen LogP contribution in [0, 0.1) is 23.4 Å². The van der Waals surface area contributed by atoms with E-state index >= 15 is 0 Å². The molecule has 1 aliphatic rings. The molecule has 0 radical (unpaired) electrons. The second kappa shape index (κ2) is 7.19. The normalized spacial score (nSPS) is 20.2. The van der Waals surface area contributed by atoms with E-state index in [-0.39, 0.29) is 5.69 Å². The predicted molar refractivity (Wildman–Crippen MR) is 89.9 cm³/mol. The molecule has 26 heavy (non-hydrogen) atoms. The summed E-state index contributed by atoms with van der Waals surface area (Å²) in [6.45, 7) is 0.443. The zero-order valence-electron chi connectivity index (χ0n) is 14.0. The minimum Gasteiger partial charge on any atom is -0.345 e. The first-order chi connectivity index (χ1) is 12.4. The maximum absolute atomic E-state index is 13.8. The first-order valence-corrected chi connectivity index (χ1v) is 8.14. The van der Waals surface area contributed by atoms with E-state index in [1.54, 1.807) is 7.05 Å². The Morgan fingerprint density at radius 1 is 1.12 bits per heavy atom. The average molecular weight is 362 g/mol. The largest absolute Gasteiger partial charge is 0.345 e. The van der Waals surface area contributed by atoms with Crippen LogP contribution in [0.4, 0.5) is 18.9 Å². The predicted octanol–water partition coefficient (Wildman–Crippen LogP) is 3.30. The third kappa shape index (κ3) is 3.42. The monoisotopic (exact) mass is 362 g/mol. The van der Waals surface area contributed by atoms with Crippen LogP contribution in [0.3, 0.4) is 0 Å². The summed E-state index contributed by atoms with van der Waals surface area (Å²) >= 11 is 0. The molecule has 1 heterocycles. The summed E-state index contributed by atoms with van der Waals surface area (Å²) in [7, 11) is 1.58. The van der Waals surface area contributed by atoms with Gasteiger partial charge in [0.05, 0.1) is 5.69 Å². The quantitative estimate of drug-likeness (QED) is 0.852. The van der Waals surface area contributed by atoms with E-state index in [0.717, 1.165) is 6.07 Å². The highest BCUT2D eigenvalue weighted by Gasteiger charge is 2.41. The molecule has 0 aliphatic carbocycles. The number of anilines is 1. The molecule has 136 valence electrons. The van der Waals surface area contributed by atoms with Gasteiger partial charge in [0.15, 0.2) is 11.6 Å². The lowest BCUT2D eigenvalue weighted by Crippen LogP contribution is -2.47. The molecule has 2 amide bonds. The van der Waals surface area contributed by atoms with Crippen LogP contribution in [-0.2, 0) is 9.59 Å². The molecule has 0 aromatic heterocycles. The van der Waals surface area contributed by atoms with Crippen LogP contribution in [0.2, 0.25) is 0 Å². The first kappa shape index (κ1) is 18.0. The zero-order valence-corrected chi connectivity index (χ0v) is 14.0. The summed E-state index contributed by atoms with van der Waals surface area (Å²) in [4.78, 5) is 26.7. The van der Waals surface area contributed by atoms with E-state index in [9.17, 15) is 22.8 Å². The van der Waals surface area contributed by atoms with Gasteiger partial charge in [0, 0.05) is 19.5 Å². The van der Waals surface area contributed by atoms with Gasteiger partial charge in [0.25, 0.3) is 0 Å². The number of carbonyl (C=O) groups excluding carboxylic acids is 2. The number of likely N-dealkylation sites (tertiary alicyclic amines) is 1. The lowest BCUT2D eigenvalue weighted by Gasteiger charge is -2.35. The van der Waals surface area contributed by atoms with Crippen LogP contribution < -0.4 is 5.32 Å². The van der Waals surface area contributed by atoms with Gasteiger partial charge in [-0.15, -0.1) is 0 Å². The second-order valence-corrected chi connectivity index (χ2v) is 6.27. The Kier molecular flexibility index (Phi) is 4.97. The molecular formula is C19H17F3N2O2. The highest BCUT2D eigenvalue weighted by molar-refractivity contribution is 6.07. The minimum atomic E-state index is -1.18. The van der Waals surface area contributed by atoms with E-state index in [2.05, 4.69) is 5.32 Å². The number of hydrogen-bond donors (Lipinski definition) is 1. The van der Waals surface area contributed by atoms with E-state index in [1.165, 1.54) is 41.3 Å². The fourth-order valence-electron chi connectivity index (χ4n) is 3.19. The summed E-state index contributed by atoms with van der Waals surface area (Å²) in [5, 5.41) is 2.31. The van der Waals surface area contributed by atoms with E-state index in [4.69, 9.17) is 0 Å². The molecule has 1 saturated heterocycles. The molecule has 0 bridgehead atoms. The standard InChI is InChI=1S/C19H17F3N2O2/c1-24-10-9-13(11-5-7-12(20)8-6-11)16(19(24)26)18(25)23-15-4-2-3-14(21)17(15)22/h2-8,13,16H,9-10H2,1H3,(H,23,25)/t13?,16-/m0/s1. The third-order valence-electron chi connectivity index (χ3n) is 4.61. The van der Waals surface area contributed by atoms with Crippen LogP contribution >= 0.6 is 0 Å². The molecule has 7 heteroatoms. The Hall–Kier alpha value is -2.83. The Bertz CT molecular complexity index is 839. The summed E-state index contributed by atoms with van der Waals surface area (Å²) in [6, 6.07) is 9.01. The maximum Gasteiger partial charge on any atom is 0.237 e. The minimum absolute atomic E-state index is 0.325. The van der Waals surface area contributed by atoms with Crippen LogP contribution in [0.15, 0.2) is 42.5 Å². The molecule has 1 fully saturated rings. The van der Waals surface area contributed by atoms with Crippen molar-refractivity contribution in [3.8, 4) is 0 Å². The summed E-state index contributed by atoms with van der Waals surface area (Å²) < 4.78 is 40.4. The topological polar surface area (TPSA) is 49.4 Å². The summed E-state index contributed by atoms with van der Waals surface area (Å²) in [6.07, 6.45) is 0.498. The van der Waals surface area contributed by atoms with Crippen molar-refractivity contribution in [1.29, 1.82) is 0 Å². The van der Waals surface area contributed by atoms with Crippen molar-refractivity contribution >= 4 is 17.5 Å². The number of halogens is 3. The SMILES string of the molecule is CN1CCC(c2ccc(F)cc2)[C@@H](C(=O)Nc2cccc(F)c2F)C1=O. The molecule has 1 unspecified atom stereocenters. The van der Waals surface area contributed by atoms with Crippen molar-refractivity contribution in [3.63, 3.8) is 0 Å². The van der Waals surface area contributed by atoms with Gasteiger partial charge in [-0.2, -0.15) is 0 Å². The van der Waals surface area contributed by atoms with Crippen molar-refractivity contribution < 1.29 is 22.8 Å². The van der Waals surface area contributed by atoms with E-state index in [1.807, 2.05) is 0 Å². The number of carbonyl (C=O) groups is 2. The van der Waals surface area contributed by atoms with Gasteiger partial charge in [-0.25, -0.2) is 13.2 Å². The van der Waals surface area contributed by atoms with Gasteiger partial charge in [-0.05, 0) is 36.2 Å². The first-order valence-electron chi connectivity index (χ1n) is 8.14. The smallest absolute Gasteiger partial charge is 0.237 e. The average Bonchev–Trinajstić information content (AvgIpc) is 2.62. The Labute approximate surface area is 148 Å². The highest BCUT2D eigenvalue weighted by Crippen LogP contribution is 2.34. The number of piperidine rings is 1. The van der Waals surface area contributed by atoms with Crippen LogP contribution in [0.25, 0.3) is 0 Å². The van der Waals surface area contributed by atoms with Crippen molar-refractivity contribution in [2.24, 2.45) is 5.92 Å². The van der Waals surface area contributed by atoms with Crippen LogP contribution in [0.5, 0.6) is 0 Å². The van der Waals surface area contributed by atoms with E-state index < -0.39 is 41.1 Å². The van der Waals surface area contributed by atoms with Crippen molar-refractivity contribution in [2.75, 3.05) is 18.9 Å². The fourth-order valence-corrected chi connectivity index (χ4v) is 3.19. The lowest BCUT2D eigenvalue weighted by atomic mass is 9.79.